The Bertz CT molecular complexity index is 802. The molecule has 0 unspecified atom stereocenters. The fraction of sp³-hybridized carbons (Fsp3) is 0.0667. The van der Waals surface area contributed by atoms with Crippen LogP contribution < -0.4 is 5.32 Å². The van der Waals surface area contributed by atoms with Crippen molar-refractivity contribution in [1.82, 2.24) is 4.98 Å². The number of fused-ring (bicyclic) bond motifs is 1. The van der Waals surface area contributed by atoms with E-state index in [1.807, 2.05) is 42.5 Å². The molecule has 1 heterocycles. The first kappa shape index (κ1) is 15.6. The number of benzene rings is 2. The molecule has 4 nitrogen and oxygen atoms in total. The lowest BCUT2D eigenvalue weighted by atomic mass is 10.3. The number of hydrogen-bond acceptors (Lipinski definition) is 4. The number of aromatic nitrogens is 1. The number of oxazole rings is 1. The Morgan fingerprint density at radius 1 is 1.18 bits per heavy atom. The lowest BCUT2D eigenvalue weighted by Crippen LogP contribution is -2.13. The molecule has 112 valence electrons. The van der Waals surface area contributed by atoms with Crippen LogP contribution in [0.1, 0.15) is 0 Å². The third-order valence-corrected chi connectivity index (χ3v) is 5.51. The zero-order chi connectivity index (χ0) is 15.5. The van der Waals surface area contributed by atoms with Crippen LogP contribution in [0.5, 0.6) is 0 Å². The summed E-state index contributed by atoms with van der Waals surface area (Å²) in [6, 6.07) is 13.1. The van der Waals surface area contributed by atoms with E-state index in [1.54, 1.807) is 0 Å². The SMILES string of the molecule is O=C(CSc1nc2ccccc2o1)Nc1ccc(Br)c(Br)c1. The van der Waals surface area contributed by atoms with E-state index in [-0.39, 0.29) is 11.7 Å². The molecule has 0 atom stereocenters. The van der Waals surface area contributed by atoms with Crippen molar-refractivity contribution >= 4 is 66.3 Å². The number of rotatable bonds is 4. The molecule has 0 aliphatic carbocycles. The standard InChI is InChI=1S/C15H10Br2N2O2S/c16-10-6-5-9(7-11(10)17)18-14(20)8-22-15-19-12-3-1-2-4-13(12)21-15/h1-7H,8H2,(H,18,20). The fourth-order valence-electron chi connectivity index (χ4n) is 1.81. The molecule has 7 heteroatoms. The molecule has 1 aromatic heterocycles. The molecule has 0 aliphatic rings. The molecule has 3 rings (SSSR count). The first-order chi connectivity index (χ1) is 10.6. The molecular formula is C15H10Br2N2O2S. The van der Waals surface area contributed by atoms with Crippen molar-refractivity contribution in [3.8, 4) is 0 Å². The number of para-hydroxylation sites is 2. The topological polar surface area (TPSA) is 55.1 Å². The number of carbonyl (C=O) groups is 1. The predicted octanol–water partition coefficient (Wildman–Crippen LogP) is 5.08. The van der Waals surface area contributed by atoms with Crippen molar-refractivity contribution in [2.45, 2.75) is 5.22 Å². The first-order valence-electron chi connectivity index (χ1n) is 6.35. The van der Waals surface area contributed by atoms with Gasteiger partial charge in [0.15, 0.2) is 5.58 Å². The average Bonchev–Trinajstić information content (AvgIpc) is 2.92. The Labute approximate surface area is 147 Å². The largest absolute Gasteiger partial charge is 0.431 e. The summed E-state index contributed by atoms with van der Waals surface area (Å²) in [5.74, 6) is 0.127. The minimum absolute atomic E-state index is 0.110. The van der Waals surface area contributed by atoms with E-state index >= 15 is 0 Å². The smallest absolute Gasteiger partial charge is 0.257 e. The van der Waals surface area contributed by atoms with Gasteiger partial charge in [-0.2, -0.15) is 0 Å². The zero-order valence-corrected chi connectivity index (χ0v) is 15.2. The summed E-state index contributed by atoms with van der Waals surface area (Å²) in [5.41, 5.74) is 2.25. The van der Waals surface area contributed by atoms with E-state index in [0.29, 0.717) is 5.22 Å². The highest BCUT2D eigenvalue weighted by atomic mass is 79.9. The number of nitrogens with one attached hydrogen (secondary N) is 1. The molecular weight excluding hydrogens is 432 g/mol. The number of carbonyl (C=O) groups excluding carboxylic acids is 1. The van der Waals surface area contributed by atoms with E-state index in [1.165, 1.54) is 11.8 Å². The third-order valence-electron chi connectivity index (χ3n) is 2.80. The third kappa shape index (κ3) is 3.71. The molecule has 1 N–H and O–H groups in total. The first-order valence-corrected chi connectivity index (χ1v) is 8.92. The van der Waals surface area contributed by atoms with Crippen molar-refractivity contribution in [1.29, 1.82) is 0 Å². The van der Waals surface area contributed by atoms with Crippen LogP contribution in [-0.4, -0.2) is 16.6 Å². The molecule has 0 radical (unpaired) electrons. The van der Waals surface area contributed by atoms with Crippen LogP contribution >= 0.6 is 43.6 Å². The normalized spacial score (nSPS) is 10.8. The summed E-state index contributed by atoms with van der Waals surface area (Å²) in [5, 5.41) is 3.33. The van der Waals surface area contributed by atoms with Gasteiger partial charge in [-0.15, -0.1) is 0 Å². The Morgan fingerprint density at radius 3 is 2.77 bits per heavy atom. The number of hydrogen-bond donors (Lipinski definition) is 1. The Hall–Kier alpha value is -1.31. The van der Waals surface area contributed by atoms with Gasteiger partial charge in [-0.1, -0.05) is 23.9 Å². The van der Waals surface area contributed by atoms with Gasteiger partial charge in [0.05, 0.1) is 5.75 Å². The number of amides is 1. The highest BCUT2D eigenvalue weighted by Crippen LogP contribution is 2.27. The molecule has 0 bridgehead atoms. The van der Waals surface area contributed by atoms with Crippen LogP contribution in [0.2, 0.25) is 0 Å². The van der Waals surface area contributed by atoms with Crippen molar-refractivity contribution in [3.05, 3.63) is 51.4 Å². The Balaban J connectivity index is 1.60. The van der Waals surface area contributed by atoms with Gasteiger partial charge in [0.25, 0.3) is 5.22 Å². The number of halogens is 2. The van der Waals surface area contributed by atoms with Crippen LogP contribution in [0.15, 0.2) is 61.0 Å². The van der Waals surface area contributed by atoms with Crippen LogP contribution in [0.25, 0.3) is 11.1 Å². The van der Waals surface area contributed by atoms with Gasteiger partial charge in [0.2, 0.25) is 5.91 Å². The Morgan fingerprint density at radius 2 is 2.00 bits per heavy atom. The molecule has 1 amide bonds. The Kier molecular flexibility index (Phi) is 4.85. The maximum atomic E-state index is 12.0. The van der Waals surface area contributed by atoms with E-state index in [9.17, 15) is 4.79 Å². The second-order valence-electron chi connectivity index (χ2n) is 4.41. The second kappa shape index (κ2) is 6.85. The van der Waals surface area contributed by atoms with Crippen LogP contribution in [-0.2, 0) is 4.79 Å². The minimum Gasteiger partial charge on any atom is -0.431 e. The molecule has 0 saturated carbocycles. The lowest BCUT2D eigenvalue weighted by Gasteiger charge is -2.05. The molecule has 0 fully saturated rings. The van der Waals surface area contributed by atoms with Crippen molar-refractivity contribution in [3.63, 3.8) is 0 Å². The van der Waals surface area contributed by atoms with Gasteiger partial charge in [0.1, 0.15) is 5.52 Å². The monoisotopic (exact) mass is 440 g/mol. The molecule has 0 spiro atoms. The van der Waals surface area contributed by atoms with E-state index in [0.717, 1.165) is 25.7 Å². The summed E-state index contributed by atoms with van der Waals surface area (Å²) in [4.78, 5) is 16.3. The van der Waals surface area contributed by atoms with E-state index in [4.69, 9.17) is 4.42 Å². The van der Waals surface area contributed by atoms with Crippen molar-refractivity contribution in [2.24, 2.45) is 0 Å². The van der Waals surface area contributed by atoms with E-state index < -0.39 is 0 Å². The quantitative estimate of drug-likeness (QED) is 0.573. The van der Waals surface area contributed by atoms with Gasteiger partial charge in [-0.25, -0.2) is 4.98 Å². The van der Waals surface area contributed by atoms with Gasteiger partial charge < -0.3 is 9.73 Å². The molecule has 22 heavy (non-hydrogen) atoms. The maximum Gasteiger partial charge on any atom is 0.257 e. The van der Waals surface area contributed by atoms with Crippen molar-refractivity contribution in [2.75, 3.05) is 11.1 Å². The van der Waals surface area contributed by atoms with Crippen molar-refractivity contribution < 1.29 is 9.21 Å². The van der Waals surface area contributed by atoms with Gasteiger partial charge in [-0.3, -0.25) is 4.79 Å². The molecule has 2 aromatic carbocycles. The minimum atomic E-state index is -0.110. The zero-order valence-electron chi connectivity index (χ0n) is 11.2. The van der Waals surface area contributed by atoms with E-state index in [2.05, 4.69) is 42.2 Å². The average molecular weight is 442 g/mol. The summed E-state index contributed by atoms with van der Waals surface area (Å²) in [6.45, 7) is 0. The number of thioether (sulfide) groups is 1. The van der Waals surface area contributed by atoms with Crippen LogP contribution in [0, 0.1) is 0 Å². The predicted molar refractivity (Wildman–Crippen MR) is 95.2 cm³/mol. The summed E-state index contributed by atoms with van der Waals surface area (Å²) in [6.07, 6.45) is 0. The highest BCUT2D eigenvalue weighted by Gasteiger charge is 2.09. The summed E-state index contributed by atoms with van der Waals surface area (Å²) < 4.78 is 7.38. The highest BCUT2D eigenvalue weighted by molar-refractivity contribution is 9.13. The maximum absolute atomic E-state index is 12.0. The fourth-order valence-corrected chi connectivity index (χ4v) is 3.07. The van der Waals surface area contributed by atoms with Gasteiger partial charge >= 0.3 is 0 Å². The second-order valence-corrected chi connectivity index (χ2v) is 7.05. The summed E-state index contributed by atoms with van der Waals surface area (Å²) >= 11 is 8.06. The van der Waals surface area contributed by atoms with Crippen LogP contribution in [0.3, 0.4) is 0 Å². The molecule has 0 aliphatic heterocycles. The van der Waals surface area contributed by atoms with Crippen LogP contribution in [0.4, 0.5) is 5.69 Å². The number of nitrogens with zero attached hydrogens (tertiary/aromatic N) is 1. The van der Waals surface area contributed by atoms with Gasteiger partial charge in [-0.05, 0) is 62.2 Å². The molecule has 3 aromatic rings. The number of anilines is 1. The molecule has 0 saturated heterocycles. The van der Waals surface area contributed by atoms with Gasteiger partial charge in [0, 0.05) is 14.6 Å². The lowest BCUT2D eigenvalue weighted by molar-refractivity contribution is -0.113. The summed E-state index contributed by atoms with van der Waals surface area (Å²) in [7, 11) is 0.